The molecular weight excluding hydrogens is 242 g/mol. The van der Waals surface area contributed by atoms with Crippen LogP contribution in [0, 0.1) is 0 Å². The Labute approximate surface area is 110 Å². The van der Waals surface area contributed by atoms with E-state index in [9.17, 15) is 4.79 Å². The van der Waals surface area contributed by atoms with E-state index in [2.05, 4.69) is 20.7 Å². The lowest BCUT2D eigenvalue weighted by Gasteiger charge is -2.10. The molecule has 1 atom stereocenters. The van der Waals surface area contributed by atoms with Gasteiger partial charge in [-0.05, 0) is 11.6 Å². The molecule has 0 saturated heterocycles. The molecule has 6 nitrogen and oxygen atoms in total. The molecule has 0 aliphatic carbocycles. The van der Waals surface area contributed by atoms with Gasteiger partial charge in [-0.1, -0.05) is 18.2 Å². The van der Waals surface area contributed by atoms with Crippen LogP contribution in [0.2, 0.25) is 0 Å². The predicted molar refractivity (Wildman–Crippen MR) is 70.4 cm³/mol. The maximum absolute atomic E-state index is 12.1. The Hall–Kier alpha value is -2.37. The van der Waals surface area contributed by atoms with Crippen LogP contribution in [0.3, 0.4) is 0 Å². The normalized spacial score (nSPS) is 16.8. The highest BCUT2D eigenvalue weighted by molar-refractivity contribution is 5.87. The Morgan fingerprint density at radius 1 is 1.53 bits per heavy atom. The molecule has 0 saturated carbocycles. The number of rotatable bonds is 3. The van der Waals surface area contributed by atoms with Gasteiger partial charge in [0.1, 0.15) is 12.4 Å². The van der Waals surface area contributed by atoms with E-state index in [1.807, 2.05) is 24.3 Å². The molecule has 2 heterocycles. The zero-order chi connectivity index (χ0) is 13.2. The summed E-state index contributed by atoms with van der Waals surface area (Å²) in [6.07, 6.45) is 2.34. The van der Waals surface area contributed by atoms with Crippen LogP contribution in [-0.2, 0) is 24.8 Å². The Morgan fingerprint density at radius 3 is 3.11 bits per heavy atom. The molecule has 0 fully saturated rings. The van der Waals surface area contributed by atoms with Gasteiger partial charge in [-0.3, -0.25) is 9.48 Å². The summed E-state index contributed by atoms with van der Waals surface area (Å²) in [6.45, 7) is 0.355. The van der Waals surface area contributed by atoms with Crippen molar-refractivity contribution in [1.82, 2.24) is 20.1 Å². The van der Waals surface area contributed by atoms with E-state index < -0.39 is 0 Å². The number of hydrogen-bond donors (Lipinski definition) is 2. The number of carbonyl (C=O) groups is 1. The van der Waals surface area contributed by atoms with Crippen LogP contribution in [0.25, 0.3) is 0 Å². The van der Waals surface area contributed by atoms with Crippen molar-refractivity contribution in [1.29, 1.82) is 0 Å². The number of fused-ring (bicyclic) bond motifs is 1. The van der Waals surface area contributed by atoms with Crippen molar-refractivity contribution in [3.05, 3.63) is 42.0 Å². The number of anilines is 1. The quantitative estimate of drug-likeness (QED) is 0.838. The highest BCUT2D eigenvalue weighted by Gasteiger charge is 2.26. The summed E-state index contributed by atoms with van der Waals surface area (Å²) in [4.78, 5) is 16.1. The lowest BCUT2D eigenvalue weighted by molar-refractivity contribution is -0.121. The molecule has 1 aliphatic heterocycles. The number of carbonyl (C=O) groups excluding carboxylic acids is 1. The SMILES string of the molecule is Cn1cnc(CNC(=O)[C@@H]2Cc3ccccc3N2)n1. The van der Waals surface area contributed by atoms with E-state index in [1.165, 1.54) is 5.56 Å². The number of aromatic nitrogens is 3. The average Bonchev–Trinajstić information content (AvgIpc) is 3.01. The first-order valence-corrected chi connectivity index (χ1v) is 6.19. The van der Waals surface area contributed by atoms with Gasteiger partial charge in [0, 0.05) is 19.2 Å². The lowest BCUT2D eigenvalue weighted by Crippen LogP contribution is -2.38. The molecule has 0 unspecified atom stereocenters. The van der Waals surface area contributed by atoms with Crippen LogP contribution >= 0.6 is 0 Å². The second-order valence-electron chi connectivity index (χ2n) is 4.61. The van der Waals surface area contributed by atoms with Crippen molar-refractivity contribution in [3.63, 3.8) is 0 Å². The number of para-hydroxylation sites is 1. The molecule has 1 amide bonds. The highest BCUT2D eigenvalue weighted by atomic mass is 16.2. The zero-order valence-electron chi connectivity index (χ0n) is 10.6. The summed E-state index contributed by atoms with van der Waals surface area (Å²) in [5, 5.41) is 10.2. The van der Waals surface area contributed by atoms with Crippen molar-refractivity contribution >= 4 is 11.6 Å². The van der Waals surface area contributed by atoms with Gasteiger partial charge >= 0.3 is 0 Å². The molecular formula is C13H15N5O. The minimum absolute atomic E-state index is 0.0244. The van der Waals surface area contributed by atoms with Crippen molar-refractivity contribution < 1.29 is 4.79 Å². The third-order valence-electron chi connectivity index (χ3n) is 3.16. The predicted octanol–water partition coefficient (Wildman–Crippen LogP) is 0.468. The Bertz CT molecular complexity index is 582. The van der Waals surface area contributed by atoms with E-state index in [4.69, 9.17) is 0 Å². The number of benzene rings is 1. The van der Waals surface area contributed by atoms with E-state index in [1.54, 1.807) is 18.1 Å². The molecule has 1 aromatic carbocycles. The number of hydrogen-bond acceptors (Lipinski definition) is 4. The second kappa shape index (κ2) is 4.72. The van der Waals surface area contributed by atoms with Crippen molar-refractivity contribution in [3.8, 4) is 0 Å². The Balaban J connectivity index is 1.58. The standard InChI is InChI=1S/C13H15N5O/c1-18-8-15-12(17-18)7-14-13(19)11-6-9-4-2-3-5-10(9)16-11/h2-5,8,11,16H,6-7H2,1H3,(H,14,19)/t11-/m0/s1. The van der Waals surface area contributed by atoms with E-state index >= 15 is 0 Å². The van der Waals surface area contributed by atoms with Crippen LogP contribution in [0.4, 0.5) is 5.69 Å². The fourth-order valence-corrected chi connectivity index (χ4v) is 2.21. The molecule has 0 bridgehead atoms. The first kappa shape index (κ1) is 11.7. The Morgan fingerprint density at radius 2 is 2.37 bits per heavy atom. The van der Waals surface area contributed by atoms with Crippen molar-refractivity contribution in [2.45, 2.75) is 19.0 Å². The van der Waals surface area contributed by atoms with Gasteiger partial charge in [0.15, 0.2) is 5.82 Å². The molecule has 1 aromatic heterocycles. The zero-order valence-corrected chi connectivity index (χ0v) is 10.6. The number of amides is 1. The van der Waals surface area contributed by atoms with Gasteiger partial charge in [0.05, 0.1) is 6.54 Å². The minimum atomic E-state index is -0.207. The maximum atomic E-state index is 12.1. The fourth-order valence-electron chi connectivity index (χ4n) is 2.21. The van der Waals surface area contributed by atoms with Gasteiger partial charge in [0.25, 0.3) is 0 Å². The third kappa shape index (κ3) is 2.42. The van der Waals surface area contributed by atoms with Gasteiger partial charge < -0.3 is 10.6 Å². The summed E-state index contributed by atoms with van der Waals surface area (Å²) in [5.41, 5.74) is 2.22. The van der Waals surface area contributed by atoms with Crippen LogP contribution in [0.15, 0.2) is 30.6 Å². The average molecular weight is 257 g/mol. The van der Waals surface area contributed by atoms with Crippen LogP contribution < -0.4 is 10.6 Å². The summed E-state index contributed by atoms with van der Waals surface area (Å²) >= 11 is 0. The van der Waals surface area contributed by atoms with Crippen molar-refractivity contribution in [2.75, 3.05) is 5.32 Å². The fraction of sp³-hybridized carbons (Fsp3) is 0.308. The second-order valence-corrected chi connectivity index (χ2v) is 4.61. The van der Waals surface area contributed by atoms with Gasteiger partial charge in [0.2, 0.25) is 5.91 Å². The van der Waals surface area contributed by atoms with Crippen molar-refractivity contribution in [2.24, 2.45) is 7.05 Å². The number of aryl methyl sites for hydroxylation is 1. The van der Waals surface area contributed by atoms with Gasteiger partial charge in [-0.25, -0.2) is 4.98 Å². The van der Waals surface area contributed by atoms with Gasteiger partial charge in [-0.2, -0.15) is 5.10 Å². The molecule has 3 rings (SSSR count). The summed E-state index contributed by atoms with van der Waals surface area (Å²) in [5.74, 6) is 0.593. The lowest BCUT2D eigenvalue weighted by atomic mass is 10.1. The largest absolute Gasteiger partial charge is 0.373 e. The van der Waals surface area contributed by atoms with E-state index in [-0.39, 0.29) is 11.9 Å². The molecule has 6 heteroatoms. The number of nitrogens with zero attached hydrogens (tertiary/aromatic N) is 3. The molecule has 2 N–H and O–H groups in total. The minimum Gasteiger partial charge on any atom is -0.373 e. The number of nitrogens with one attached hydrogen (secondary N) is 2. The first-order chi connectivity index (χ1) is 9.22. The smallest absolute Gasteiger partial charge is 0.243 e. The van der Waals surface area contributed by atoms with Gasteiger partial charge in [-0.15, -0.1) is 0 Å². The van der Waals surface area contributed by atoms with E-state index in [0.717, 1.165) is 12.1 Å². The van der Waals surface area contributed by atoms with Crippen LogP contribution in [0.5, 0.6) is 0 Å². The highest BCUT2D eigenvalue weighted by Crippen LogP contribution is 2.24. The summed E-state index contributed by atoms with van der Waals surface area (Å²) in [6, 6.07) is 7.77. The van der Waals surface area contributed by atoms with E-state index in [0.29, 0.717) is 12.4 Å². The first-order valence-electron chi connectivity index (χ1n) is 6.19. The summed E-state index contributed by atoms with van der Waals surface area (Å²) < 4.78 is 1.62. The molecule has 2 aromatic rings. The summed E-state index contributed by atoms with van der Waals surface area (Å²) in [7, 11) is 1.80. The molecule has 98 valence electrons. The monoisotopic (exact) mass is 257 g/mol. The maximum Gasteiger partial charge on any atom is 0.243 e. The molecule has 19 heavy (non-hydrogen) atoms. The Kier molecular flexibility index (Phi) is 2.91. The topological polar surface area (TPSA) is 71.8 Å². The molecule has 0 radical (unpaired) electrons. The molecule has 1 aliphatic rings. The molecule has 0 spiro atoms. The van der Waals surface area contributed by atoms with Crippen LogP contribution in [-0.4, -0.2) is 26.7 Å². The third-order valence-corrected chi connectivity index (χ3v) is 3.16. The van der Waals surface area contributed by atoms with Crippen LogP contribution in [0.1, 0.15) is 11.4 Å².